The molecule has 0 aromatic heterocycles. The van der Waals surface area contributed by atoms with E-state index in [1.165, 1.54) is 11.1 Å². The standard InChI is InChI=1S/C10H15N/c1-4-5-10-9(3)6-8(2)7-11-10/h4-7,10-11H,1-3H3/b5-4-. The lowest BCUT2D eigenvalue weighted by atomic mass is 10.0. The van der Waals surface area contributed by atoms with Crippen LogP contribution in [0.15, 0.2) is 35.6 Å². The maximum atomic E-state index is 3.30. The minimum absolute atomic E-state index is 0.406. The first-order chi connectivity index (χ1) is 5.24. The van der Waals surface area contributed by atoms with Gasteiger partial charge in [-0.1, -0.05) is 18.2 Å². The van der Waals surface area contributed by atoms with Gasteiger partial charge in [0.2, 0.25) is 0 Å². The van der Waals surface area contributed by atoms with E-state index in [2.05, 4.69) is 43.6 Å². The van der Waals surface area contributed by atoms with Gasteiger partial charge in [-0.2, -0.15) is 0 Å². The molecule has 0 fully saturated rings. The van der Waals surface area contributed by atoms with Crippen molar-refractivity contribution in [3.8, 4) is 0 Å². The number of nitrogens with one attached hydrogen (secondary N) is 1. The van der Waals surface area contributed by atoms with Gasteiger partial charge < -0.3 is 5.32 Å². The molecule has 0 saturated heterocycles. The van der Waals surface area contributed by atoms with Crippen molar-refractivity contribution in [1.29, 1.82) is 0 Å². The summed E-state index contributed by atoms with van der Waals surface area (Å²) in [7, 11) is 0. The predicted molar refractivity (Wildman–Crippen MR) is 49.3 cm³/mol. The molecule has 1 N–H and O–H groups in total. The van der Waals surface area contributed by atoms with Crippen molar-refractivity contribution in [2.75, 3.05) is 0 Å². The Morgan fingerprint density at radius 2 is 2.18 bits per heavy atom. The number of rotatable bonds is 1. The van der Waals surface area contributed by atoms with Crippen molar-refractivity contribution in [2.45, 2.75) is 26.8 Å². The highest BCUT2D eigenvalue weighted by molar-refractivity contribution is 5.31. The van der Waals surface area contributed by atoms with E-state index in [0.29, 0.717) is 6.04 Å². The molecule has 1 heterocycles. The van der Waals surface area contributed by atoms with Crippen LogP contribution in [0.4, 0.5) is 0 Å². The fraction of sp³-hybridized carbons (Fsp3) is 0.400. The van der Waals surface area contributed by atoms with Gasteiger partial charge in [0, 0.05) is 6.20 Å². The van der Waals surface area contributed by atoms with Gasteiger partial charge in [0.1, 0.15) is 0 Å². The van der Waals surface area contributed by atoms with Crippen molar-refractivity contribution in [1.82, 2.24) is 5.32 Å². The van der Waals surface area contributed by atoms with Gasteiger partial charge in [0.05, 0.1) is 6.04 Å². The highest BCUT2D eigenvalue weighted by Gasteiger charge is 2.07. The predicted octanol–water partition coefficient (Wildman–Crippen LogP) is 2.38. The minimum atomic E-state index is 0.406. The summed E-state index contributed by atoms with van der Waals surface area (Å²) in [5.41, 5.74) is 2.67. The van der Waals surface area contributed by atoms with Crippen molar-refractivity contribution in [2.24, 2.45) is 0 Å². The Morgan fingerprint density at radius 1 is 1.45 bits per heavy atom. The first kappa shape index (κ1) is 8.12. The van der Waals surface area contributed by atoms with Crippen LogP contribution in [0.5, 0.6) is 0 Å². The van der Waals surface area contributed by atoms with Crippen LogP contribution in [0.3, 0.4) is 0 Å². The molecule has 60 valence electrons. The summed E-state index contributed by atoms with van der Waals surface area (Å²) in [6.45, 7) is 6.29. The molecule has 0 radical (unpaired) electrons. The number of hydrogen-bond donors (Lipinski definition) is 1. The second-order valence-electron chi connectivity index (χ2n) is 2.95. The van der Waals surface area contributed by atoms with Crippen molar-refractivity contribution in [3.63, 3.8) is 0 Å². The topological polar surface area (TPSA) is 12.0 Å². The third kappa shape index (κ3) is 1.97. The lowest BCUT2D eigenvalue weighted by Crippen LogP contribution is -2.25. The molecule has 0 spiro atoms. The summed E-state index contributed by atoms with van der Waals surface area (Å²) in [6, 6.07) is 0.406. The molecule has 1 rings (SSSR count). The average molecular weight is 149 g/mol. The first-order valence-electron chi connectivity index (χ1n) is 3.98. The zero-order chi connectivity index (χ0) is 8.27. The molecular weight excluding hydrogens is 134 g/mol. The number of dihydropyridines is 1. The average Bonchev–Trinajstić information content (AvgIpc) is 1.95. The van der Waals surface area contributed by atoms with Gasteiger partial charge >= 0.3 is 0 Å². The number of hydrogen-bond acceptors (Lipinski definition) is 1. The maximum Gasteiger partial charge on any atom is 0.0652 e. The first-order valence-corrected chi connectivity index (χ1v) is 3.98. The lowest BCUT2D eigenvalue weighted by Gasteiger charge is -2.19. The SMILES string of the molecule is C/C=C\C1NC=C(C)C=C1C. The van der Waals surface area contributed by atoms with Crippen LogP contribution < -0.4 is 5.32 Å². The Balaban J connectivity index is 2.71. The molecule has 1 aliphatic heterocycles. The third-order valence-corrected chi connectivity index (χ3v) is 1.82. The molecule has 0 aromatic carbocycles. The van der Waals surface area contributed by atoms with Crippen LogP contribution in [0, 0.1) is 0 Å². The molecule has 1 unspecified atom stereocenters. The summed E-state index contributed by atoms with van der Waals surface area (Å²) in [4.78, 5) is 0. The zero-order valence-corrected chi connectivity index (χ0v) is 7.39. The smallest absolute Gasteiger partial charge is 0.0652 e. The van der Waals surface area contributed by atoms with Gasteiger partial charge in [0.25, 0.3) is 0 Å². The van der Waals surface area contributed by atoms with Crippen LogP contribution in [0.25, 0.3) is 0 Å². The fourth-order valence-electron chi connectivity index (χ4n) is 1.24. The Morgan fingerprint density at radius 3 is 2.73 bits per heavy atom. The van der Waals surface area contributed by atoms with Crippen molar-refractivity contribution < 1.29 is 0 Å². The molecule has 0 aromatic rings. The second-order valence-corrected chi connectivity index (χ2v) is 2.95. The third-order valence-electron chi connectivity index (χ3n) is 1.82. The molecule has 11 heavy (non-hydrogen) atoms. The van der Waals surface area contributed by atoms with E-state index < -0.39 is 0 Å². The summed E-state index contributed by atoms with van der Waals surface area (Å²) < 4.78 is 0. The van der Waals surface area contributed by atoms with E-state index in [9.17, 15) is 0 Å². The van der Waals surface area contributed by atoms with Crippen LogP contribution in [0.2, 0.25) is 0 Å². The Kier molecular flexibility index (Phi) is 2.53. The Hall–Kier alpha value is -0.980. The molecule has 1 atom stereocenters. The van der Waals surface area contributed by atoms with Crippen LogP contribution in [-0.4, -0.2) is 6.04 Å². The van der Waals surface area contributed by atoms with Gasteiger partial charge in [0.15, 0.2) is 0 Å². The van der Waals surface area contributed by atoms with E-state index in [1.807, 2.05) is 6.92 Å². The fourth-order valence-corrected chi connectivity index (χ4v) is 1.24. The van der Waals surface area contributed by atoms with E-state index in [4.69, 9.17) is 0 Å². The highest BCUT2D eigenvalue weighted by Crippen LogP contribution is 2.11. The Labute approximate surface area is 68.5 Å². The minimum Gasteiger partial charge on any atom is -0.381 e. The van der Waals surface area contributed by atoms with Gasteiger partial charge in [-0.15, -0.1) is 0 Å². The van der Waals surface area contributed by atoms with Gasteiger partial charge in [-0.3, -0.25) is 0 Å². The quantitative estimate of drug-likeness (QED) is 0.564. The molecule has 0 aliphatic carbocycles. The molecule has 0 saturated carbocycles. The number of allylic oxidation sites excluding steroid dienone is 3. The molecule has 1 heteroatoms. The van der Waals surface area contributed by atoms with E-state index in [0.717, 1.165) is 0 Å². The van der Waals surface area contributed by atoms with Crippen LogP contribution in [0.1, 0.15) is 20.8 Å². The summed E-state index contributed by atoms with van der Waals surface area (Å²) in [5.74, 6) is 0. The molecule has 1 nitrogen and oxygen atoms in total. The van der Waals surface area contributed by atoms with Gasteiger partial charge in [-0.25, -0.2) is 0 Å². The summed E-state index contributed by atoms with van der Waals surface area (Å²) >= 11 is 0. The van der Waals surface area contributed by atoms with Crippen LogP contribution in [-0.2, 0) is 0 Å². The van der Waals surface area contributed by atoms with E-state index in [1.54, 1.807) is 0 Å². The van der Waals surface area contributed by atoms with Crippen molar-refractivity contribution >= 4 is 0 Å². The van der Waals surface area contributed by atoms with Crippen molar-refractivity contribution in [3.05, 3.63) is 35.6 Å². The Bertz CT molecular complexity index is 221. The molecule has 1 aliphatic rings. The summed E-state index contributed by atoms with van der Waals surface area (Å²) in [5, 5.41) is 3.30. The maximum absolute atomic E-state index is 3.30. The van der Waals surface area contributed by atoms with E-state index in [-0.39, 0.29) is 0 Å². The second kappa shape index (κ2) is 3.42. The van der Waals surface area contributed by atoms with E-state index >= 15 is 0 Å². The highest BCUT2D eigenvalue weighted by atomic mass is 14.9. The lowest BCUT2D eigenvalue weighted by molar-refractivity contribution is 0.772. The normalized spacial score (nSPS) is 24.5. The molecule has 0 amide bonds. The van der Waals surface area contributed by atoms with Gasteiger partial charge in [-0.05, 0) is 31.9 Å². The summed E-state index contributed by atoms with van der Waals surface area (Å²) in [6.07, 6.45) is 8.50. The zero-order valence-electron chi connectivity index (χ0n) is 7.39. The van der Waals surface area contributed by atoms with Crippen LogP contribution >= 0.6 is 0 Å². The largest absolute Gasteiger partial charge is 0.381 e. The molecule has 0 bridgehead atoms. The molecular formula is C10H15N. The monoisotopic (exact) mass is 149 g/mol.